The van der Waals surface area contributed by atoms with Crippen LogP contribution in [0.2, 0.25) is 0 Å². The summed E-state index contributed by atoms with van der Waals surface area (Å²) >= 11 is 0. The van der Waals surface area contributed by atoms with Gasteiger partial charge in [0.15, 0.2) is 17.2 Å². The lowest BCUT2D eigenvalue weighted by Crippen LogP contribution is -2.29. The molecule has 23 heavy (non-hydrogen) atoms. The maximum absolute atomic E-state index is 11.7. The molecule has 0 aliphatic carbocycles. The number of aromatic hydroxyl groups is 3. The highest BCUT2D eigenvalue weighted by atomic mass is 16.3. The van der Waals surface area contributed by atoms with Crippen molar-refractivity contribution in [1.82, 2.24) is 5.32 Å². The second kappa shape index (κ2) is 7.93. The molecular weight excluding hydrogens is 296 g/mol. The summed E-state index contributed by atoms with van der Waals surface area (Å²) in [5.74, 6) is -1.61. The van der Waals surface area contributed by atoms with Crippen LogP contribution in [0.4, 0.5) is 10.5 Å². The van der Waals surface area contributed by atoms with Gasteiger partial charge in [0, 0.05) is 18.7 Å². The average molecular weight is 316 g/mol. The summed E-state index contributed by atoms with van der Waals surface area (Å²) in [6.07, 6.45) is 2.77. The molecule has 122 valence electrons. The van der Waals surface area contributed by atoms with Crippen molar-refractivity contribution in [3.05, 3.63) is 48.0 Å². The van der Waals surface area contributed by atoms with Gasteiger partial charge in [-0.05, 0) is 24.8 Å². The maximum Gasteiger partial charge on any atom is 0.319 e. The first-order chi connectivity index (χ1) is 11.1. The van der Waals surface area contributed by atoms with E-state index in [1.807, 2.05) is 18.2 Å². The number of unbranched alkanes of at least 4 members (excludes halogenated alkanes) is 1. The standard InChI is InChI=1S/C17H20N2O4/c20-14-10-13(11-15(21)16(14)22)19-17(23)18-9-5-4-8-12-6-2-1-3-7-12/h1-3,6-7,10-11,20-22H,4-5,8-9H2,(H2,18,19,23). The molecule has 2 aromatic carbocycles. The van der Waals surface area contributed by atoms with Gasteiger partial charge in [0.1, 0.15) is 0 Å². The minimum Gasteiger partial charge on any atom is -0.504 e. The van der Waals surface area contributed by atoms with E-state index in [9.17, 15) is 20.1 Å². The minimum atomic E-state index is -0.614. The summed E-state index contributed by atoms with van der Waals surface area (Å²) in [6.45, 7) is 0.523. The van der Waals surface area contributed by atoms with E-state index in [-0.39, 0.29) is 5.69 Å². The Morgan fingerprint density at radius 3 is 2.26 bits per heavy atom. The highest BCUT2D eigenvalue weighted by Gasteiger charge is 2.09. The Kier molecular flexibility index (Phi) is 5.68. The van der Waals surface area contributed by atoms with Gasteiger partial charge in [-0.2, -0.15) is 0 Å². The number of anilines is 1. The second-order valence-corrected chi connectivity index (χ2v) is 5.19. The largest absolute Gasteiger partial charge is 0.504 e. The Balaban J connectivity index is 1.69. The number of phenols is 3. The van der Waals surface area contributed by atoms with Crippen LogP contribution in [0.25, 0.3) is 0 Å². The predicted molar refractivity (Wildman–Crippen MR) is 87.8 cm³/mol. The zero-order valence-corrected chi connectivity index (χ0v) is 12.6. The highest BCUT2D eigenvalue weighted by Crippen LogP contribution is 2.37. The highest BCUT2D eigenvalue weighted by molar-refractivity contribution is 5.90. The van der Waals surface area contributed by atoms with Crippen LogP contribution in [0.1, 0.15) is 18.4 Å². The van der Waals surface area contributed by atoms with Crippen LogP contribution < -0.4 is 10.6 Å². The van der Waals surface area contributed by atoms with Crippen molar-refractivity contribution in [3.8, 4) is 17.2 Å². The molecular formula is C17H20N2O4. The van der Waals surface area contributed by atoms with Gasteiger partial charge in [-0.3, -0.25) is 0 Å². The number of aryl methyl sites for hydroxylation is 1. The average Bonchev–Trinajstić information content (AvgIpc) is 2.53. The lowest BCUT2D eigenvalue weighted by atomic mass is 10.1. The topological polar surface area (TPSA) is 102 Å². The molecule has 6 heteroatoms. The Morgan fingerprint density at radius 1 is 0.957 bits per heavy atom. The van der Waals surface area contributed by atoms with Crippen LogP contribution >= 0.6 is 0 Å². The molecule has 0 aromatic heterocycles. The van der Waals surface area contributed by atoms with Crippen LogP contribution in [0.3, 0.4) is 0 Å². The number of hydrogen-bond donors (Lipinski definition) is 5. The van der Waals surface area contributed by atoms with Crippen LogP contribution in [0.5, 0.6) is 17.2 Å². The summed E-state index contributed by atoms with van der Waals surface area (Å²) in [5.41, 5.74) is 1.46. The second-order valence-electron chi connectivity index (χ2n) is 5.19. The zero-order valence-electron chi connectivity index (χ0n) is 12.6. The maximum atomic E-state index is 11.7. The Morgan fingerprint density at radius 2 is 1.61 bits per heavy atom. The molecule has 0 aliphatic rings. The molecule has 0 atom stereocenters. The minimum absolute atomic E-state index is 0.194. The third-order valence-corrected chi connectivity index (χ3v) is 3.35. The summed E-state index contributed by atoms with van der Waals surface area (Å²) in [5, 5.41) is 33.1. The van der Waals surface area contributed by atoms with Gasteiger partial charge < -0.3 is 26.0 Å². The lowest BCUT2D eigenvalue weighted by molar-refractivity contribution is 0.252. The summed E-state index contributed by atoms with van der Waals surface area (Å²) < 4.78 is 0. The van der Waals surface area contributed by atoms with Gasteiger partial charge in [0.25, 0.3) is 0 Å². The van der Waals surface area contributed by atoms with Crippen molar-refractivity contribution in [3.63, 3.8) is 0 Å². The van der Waals surface area contributed by atoms with E-state index in [2.05, 4.69) is 22.8 Å². The molecule has 2 amide bonds. The number of benzene rings is 2. The fourth-order valence-corrected chi connectivity index (χ4v) is 2.15. The fraction of sp³-hybridized carbons (Fsp3) is 0.235. The normalized spacial score (nSPS) is 10.3. The molecule has 0 saturated heterocycles. The summed E-state index contributed by atoms with van der Waals surface area (Å²) in [7, 11) is 0. The lowest BCUT2D eigenvalue weighted by Gasteiger charge is -2.09. The van der Waals surface area contributed by atoms with Crippen molar-refractivity contribution in [1.29, 1.82) is 0 Å². The first-order valence-electron chi connectivity index (χ1n) is 7.40. The van der Waals surface area contributed by atoms with Crippen LogP contribution in [0.15, 0.2) is 42.5 Å². The van der Waals surface area contributed by atoms with Crippen LogP contribution in [0, 0.1) is 0 Å². The van der Waals surface area contributed by atoms with Crippen molar-refractivity contribution < 1.29 is 20.1 Å². The Bertz CT molecular complexity index is 636. The van der Waals surface area contributed by atoms with Gasteiger partial charge in [-0.15, -0.1) is 0 Å². The number of nitrogens with one attached hydrogen (secondary N) is 2. The Labute approximate surface area is 134 Å². The van der Waals surface area contributed by atoms with Crippen LogP contribution in [-0.4, -0.2) is 27.9 Å². The van der Waals surface area contributed by atoms with E-state index in [1.165, 1.54) is 5.56 Å². The number of hydrogen-bond acceptors (Lipinski definition) is 4. The van der Waals surface area contributed by atoms with Crippen molar-refractivity contribution in [2.24, 2.45) is 0 Å². The van der Waals surface area contributed by atoms with Crippen molar-refractivity contribution >= 4 is 11.7 Å². The van der Waals surface area contributed by atoms with Gasteiger partial charge in [-0.25, -0.2) is 4.79 Å². The molecule has 0 spiro atoms. The smallest absolute Gasteiger partial charge is 0.319 e. The van der Waals surface area contributed by atoms with E-state index in [1.54, 1.807) is 0 Å². The van der Waals surface area contributed by atoms with Crippen LogP contribution in [-0.2, 0) is 6.42 Å². The number of urea groups is 1. The molecule has 0 radical (unpaired) electrons. The van der Waals surface area contributed by atoms with E-state index < -0.39 is 23.3 Å². The van der Waals surface area contributed by atoms with E-state index in [4.69, 9.17) is 0 Å². The molecule has 0 fully saturated rings. The van der Waals surface area contributed by atoms with Crippen molar-refractivity contribution in [2.45, 2.75) is 19.3 Å². The first kappa shape index (κ1) is 16.5. The van der Waals surface area contributed by atoms with Gasteiger partial charge in [-0.1, -0.05) is 30.3 Å². The molecule has 2 aromatic rings. The molecule has 0 saturated carbocycles. The summed E-state index contributed by atoms with van der Waals surface area (Å²) in [6, 6.07) is 12.0. The number of rotatable bonds is 6. The SMILES string of the molecule is O=C(NCCCCc1ccccc1)Nc1cc(O)c(O)c(O)c1. The predicted octanol–water partition coefficient (Wildman–Crippen LogP) is 2.95. The summed E-state index contributed by atoms with van der Waals surface area (Å²) in [4.78, 5) is 11.7. The van der Waals surface area contributed by atoms with Gasteiger partial charge in [0.2, 0.25) is 0 Å². The molecule has 0 heterocycles. The fourth-order valence-electron chi connectivity index (χ4n) is 2.15. The quantitative estimate of drug-likeness (QED) is 0.321. The van der Waals surface area contributed by atoms with Gasteiger partial charge >= 0.3 is 6.03 Å². The number of carbonyl (C=O) groups excluding carboxylic acids is 1. The molecule has 0 unspecified atom stereocenters. The van der Waals surface area contributed by atoms with Crippen molar-refractivity contribution in [2.75, 3.05) is 11.9 Å². The molecule has 0 aliphatic heterocycles. The number of phenolic OH excluding ortho intramolecular Hbond substituents is 3. The van der Waals surface area contributed by atoms with E-state index >= 15 is 0 Å². The molecule has 5 N–H and O–H groups in total. The first-order valence-corrected chi connectivity index (χ1v) is 7.40. The van der Waals surface area contributed by atoms with E-state index in [0.717, 1.165) is 31.4 Å². The van der Waals surface area contributed by atoms with E-state index in [0.29, 0.717) is 6.54 Å². The molecule has 0 bridgehead atoms. The third-order valence-electron chi connectivity index (χ3n) is 3.35. The van der Waals surface area contributed by atoms with Gasteiger partial charge in [0.05, 0.1) is 5.69 Å². The Hall–Kier alpha value is -2.89. The zero-order chi connectivity index (χ0) is 16.7. The number of carbonyl (C=O) groups is 1. The third kappa shape index (κ3) is 5.10. The molecule has 6 nitrogen and oxygen atoms in total. The number of amides is 2. The molecule has 2 rings (SSSR count). The monoisotopic (exact) mass is 316 g/mol.